The van der Waals surface area contributed by atoms with Gasteiger partial charge in [0.15, 0.2) is 0 Å². The summed E-state index contributed by atoms with van der Waals surface area (Å²) in [5.41, 5.74) is 2.23. The predicted octanol–water partition coefficient (Wildman–Crippen LogP) is 5.40. The number of thioether (sulfide) groups is 1. The molecule has 1 aromatic carbocycles. The summed E-state index contributed by atoms with van der Waals surface area (Å²) in [7, 11) is 0. The number of nitrogens with one attached hydrogen (secondary N) is 1. The van der Waals surface area contributed by atoms with Gasteiger partial charge in [-0.2, -0.15) is 0 Å². The second-order valence-electron chi connectivity index (χ2n) is 4.63. The van der Waals surface area contributed by atoms with Gasteiger partial charge in [-0.25, -0.2) is 4.98 Å². The molecule has 0 aliphatic carbocycles. The van der Waals surface area contributed by atoms with Crippen LogP contribution in [0.3, 0.4) is 0 Å². The number of hydrogen-bond acceptors (Lipinski definition) is 3. The lowest BCUT2D eigenvalue weighted by Gasteiger charge is -2.09. The molecule has 2 nitrogen and oxygen atoms in total. The summed E-state index contributed by atoms with van der Waals surface area (Å²) in [5.74, 6) is 0.866. The molecule has 0 fully saturated rings. The van der Waals surface area contributed by atoms with E-state index in [1.165, 1.54) is 10.5 Å². The van der Waals surface area contributed by atoms with Crippen LogP contribution < -0.4 is 5.32 Å². The minimum Gasteiger partial charge on any atom is -0.340 e. The Balaban J connectivity index is 2.08. The van der Waals surface area contributed by atoms with Crippen LogP contribution >= 0.6 is 27.7 Å². The van der Waals surface area contributed by atoms with Crippen molar-refractivity contribution in [2.24, 2.45) is 0 Å². The van der Waals surface area contributed by atoms with Crippen LogP contribution in [0.4, 0.5) is 11.5 Å². The van der Waals surface area contributed by atoms with Crippen LogP contribution in [0.25, 0.3) is 0 Å². The Labute approximate surface area is 127 Å². The van der Waals surface area contributed by atoms with E-state index < -0.39 is 0 Å². The summed E-state index contributed by atoms with van der Waals surface area (Å²) in [6, 6.07) is 10.5. The van der Waals surface area contributed by atoms with Crippen molar-refractivity contribution in [1.82, 2.24) is 4.98 Å². The quantitative estimate of drug-likeness (QED) is 0.757. The third kappa shape index (κ3) is 4.25. The second kappa shape index (κ2) is 6.44. The fourth-order valence-corrected chi connectivity index (χ4v) is 2.70. The molecule has 0 unspecified atom stereocenters. The van der Waals surface area contributed by atoms with Gasteiger partial charge in [0, 0.05) is 26.5 Å². The van der Waals surface area contributed by atoms with E-state index in [-0.39, 0.29) is 0 Å². The van der Waals surface area contributed by atoms with Crippen molar-refractivity contribution in [3.8, 4) is 0 Å². The van der Waals surface area contributed by atoms with E-state index in [1.54, 1.807) is 0 Å². The number of nitrogens with zero attached hydrogens (tertiary/aromatic N) is 1. The molecule has 2 aromatic rings. The zero-order chi connectivity index (χ0) is 13.8. The lowest BCUT2D eigenvalue weighted by atomic mass is 10.3. The Kier molecular flexibility index (Phi) is 4.88. The summed E-state index contributed by atoms with van der Waals surface area (Å²) in [6.45, 7) is 6.45. The zero-order valence-electron chi connectivity index (χ0n) is 11.3. The Morgan fingerprint density at radius 3 is 2.47 bits per heavy atom. The Bertz CT molecular complexity index is 553. The van der Waals surface area contributed by atoms with E-state index in [9.17, 15) is 0 Å². The molecule has 1 N–H and O–H groups in total. The van der Waals surface area contributed by atoms with Crippen LogP contribution in [0.2, 0.25) is 0 Å². The van der Waals surface area contributed by atoms with Crippen LogP contribution in [0.5, 0.6) is 0 Å². The smallest absolute Gasteiger partial charge is 0.130 e. The largest absolute Gasteiger partial charge is 0.340 e. The molecule has 1 heterocycles. The van der Waals surface area contributed by atoms with E-state index in [0.717, 1.165) is 16.0 Å². The highest BCUT2D eigenvalue weighted by Gasteiger charge is 2.01. The van der Waals surface area contributed by atoms with Gasteiger partial charge in [-0.3, -0.25) is 0 Å². The summed E-state index contributed by atoms with van der Waals surface area (Å²) >= 11 is 5.32. The normalized spacial score (nSPS) is 10.8. The van der Waals surface area contributed by atoms with Crippen molar-refractivity contribution in [3.05, 3.63) is 46.6 Å². The van der Waals surface area contributed by atoms with Crippen molar-refractivity contribution >= 4 is 39.2 Å². The molecule has 100 valence electrons. The van der Waals surface area contributed by atoms with Gasteiger partial charge in [-0.1, -0.05) is 13.8 Å². The number of aryl methyl sites for hydroxylation is 1. The molecule has 0 aliphatic rings. The van der Waals surface area contributed by atoms with Gasteiger partial charge in [0.25, 0.3) is 0 Å². The number of benzene rings is 1. The van der Waals surface area contributed by atoms with Crippen molar-refractivity contribution < 1.29 is 0 Å². The maximum absolute atomic E-state index is 4.34. The molecule has 2 rings (SSSR count). The number of rotatable bonds is 4. The Morgan fingerprint density at radius 2 is 1.89 bits per heavy atom. The topological polar surface area (TPSA) is 24.9 Å². The summed E-state index contributed by atoms with van der Waals surface area (Å²) < 4.78 is 1.03. The van der Waals surface area contributed by atoms with Crippen LogP contribution in [-0.2, 0) is 0 Å². The van der Waals surface area contributed by atoms with E-state index in [1.807, 2.05) is 24.0 Å². The first-order valence-corrected chi connectivity index (χ1v) is 7.88. The Hall–Kier alpha value is -1.00. The molecule has 0 amide bonds. The van der Waals surface area contributed by atoms with Crippen molar-refractivity contribution in [1.29, 1.82) is 0 Å². The highest BCUT2D eigenvalue weighted by molar-refractivity contribution is 9.10. The lowest BCUT2D eigenvalue weighted by Crippen LogP contribution is -1.94. The van der Waals surface area contributed by atoms with Gasteiger partial charge in [0.05, 0.1) is 0 Å². The van der Waals surface area contributed by atoms with E-state index >= 15 is 0 Å². The molecule has 0 bridgehead atoms. The molecule has 0 spiro atoms. The highest BCUT2D eigenvalue weighted by Crippen LogP contribution is 2.25. The molecule has 0 saturated carbocycles. The molecule has 0 saturated heterocycles. The van der Waals surface area contributed by atoms with Crippen LogP contribution in [-0.4, -0.2) is 10.2 Å². The number of hydrogen-bond donors (Lipinski definition) is 1. The standard InChI is InChI=1S/C15H17BrN2S/c1-10(2)19-13-6-4-12(5-7-13)18-15-8-11(3)14(16)9-17-15/h4-10H,1-3H3,(H,17,18). The fourth-order valence-electron chi connectivity index (χ4n) is 1.64. The lowest BCUT2D eigenvalue weighted by molar-refractivity contribution is 1.11. The number of halogens is 1. The first kappa shape index (κ1) is 14.4. The minimum absolute atomic E-state index is 0.606. The van der Waals surface area contributed by atoms with Gasteiger partial charge >= 0.3 is 0 Å². The molecule has 0 radical (unpaired) electrons. The summed E-state index contributed by atoms with van der Waals surface area (Å²) in [5, 5.41) is 3.92. The van der Waals surface area contributed by atoms with Gasteiger partial charge in [0.1, 0.15) is 5.82 Å². The Morgan fingerprint density at radius 1 is 1.21 bits per heavy atom. The van der Waals surface area contributed by atoms with Crippen molar-refractivity contribution in [3.63, 3.8) is 0 Å². The average molecular weight is 337 g/mol. The molecule has 4 heteroatoms. The van der Waals surface area contributed by atoms with Crippen molar-refractivity contribution in [2.75, 3.05) is 5.32 Å². The number of pyridine rings is 1. The highest BCUT2D eigenvalue weighted by atomic mass is 79.9. The first-order chi connectivity index (χ1) is 9.04. The fraction of sp³-hybridized carbons (Fsp3) is 0.267. The van der Waals surface area contributed by atoms with E-state index in [4.69, 9.17) is 0 Å². The van der Waals surface area contributed by atoms with E-state index in [2.05, 4.69) is 71.3 Å². The molecule has 1 aromatic heterocycles. The second-order valence-corrected chi connectivity index (χ2v) is 7.14. The minimum atomic E-state index is 0.606. The SMILES string of the molecule is Cc1cc(Nc2ccc(SC(C)C)cc2)ncc1Br. The summed E-state index contributed by atoms with van der Waals surface area (Å²) in [6.07, 6.45) is 1.82. The molecule has 0 aliphatic heterocycles. The first-order valence-electron chi connectivity index (χ1n) is 6.20. The maximum atomic E-state index is 4.34. The van der Waals surface area contributed by atoms with Gasteiger partial charge in [-0.15, -0.1) is 11.8 Å². The van der Waals surface area contributed by atoms with Gasteiger partial charge in [-0.05, 0) is 58.7 Å². The molecular weight excluding hydrogens is 320 g/mol. The molecule has 0 atom stereocenters. The number of aromatic nitrogens is 1. The van der Waals surface area contributed by atoms with Gasteiger partial charge < -0.3 is 5.32 Å². The van der Waals surface area contributed by atoms with Crippen LogP contribution in [0.15, 0.2) is 45.9 Å². The third-order valence-corrected chi connectivity index (χ3v) is 4.39. The maximum Gasteiger partial charge on any atom is 0.130 e. The third-order valence-electron chi connectivity index (χ3n) is 2.55. The summed E-state index contributed by atoms with van der Waals surface area (Å²) in [4.78, 5) is 5.63. The molecular formula is C15H17BrN2S. The van der Waals surface area contributed by atoms with E-state index in [0.29, 0.717) is 5.25 Å². The van der Waals surface area contributed by atoms with Gasteiger partial charge in [0.2, 0.25) is 0 Å². The van der Waals surface area contributed by atoms with Crippen LogP contribution in [0, 0.1) is 6.92 Å². The zero-order valence-corrected chi connectivity index (χ0v) is 13.7. The molecule has 19 heavy (non-hydrogen) atoms. The number of anilines is 2. The van der Waals surface area contributed by atoms with Crippen LogP contribution in [0.1, 0.15) is 19.4 Å². The van der Waals surface area contributed by atoms with Crippen molar-refractivity contribution in [2.45, 2.75) is 30.9 Å². The predicted molar refractivity (Wildman–Crippen MR) is 87.4 cm³/mol. The average Bonchev–Trinajstić information content (AvgIpc) is 2.36. The monoisotopic (exact) mass is 336 g/mol.